The van der Waals surface area contributed by atoms with E-state index in [4.69, 9.17) is 0 Å². The Morgan fingerprint density at radius 2 is 0.767 bits per heavy atom. The van der Waals surface area contributed by atoms with E-state index in [2.05, 4.69) is 90.3 Å². The van der Waals surface area contributed by atoms with E-state index in [1.165, 1.54) is 11.1 Å². The first-order valence-electron chi connectivity index (χ1n) is 15.5. The van der Waals surface area contributed by atoms with Gasteiger partial charge in [-0.2, -0.15) is 0 Å². The third-order valence-corrected chi connectivity index (χ3v) is 7.96. The van der Waals surface area contributed by atoms with Crippen molar-refractivity contribution in [2.75, 3.05) is 10.6 Å². The third kappa shape index (κ3) is 7.62. The molecule has 2 amide bonds. The monoisotopic (exact) mass is 574 g/mol. The maximum absolute atomic E-state index is 13.2. The van der Waals surface area contributed by atoms with Crippen LogP contribution in [0.3, 0.4) is 0 Å². The number of benzene rings is 4. The summed E-state index contributed by atoms with van der Waals surface area (Å²) in [5.74, 6) is 0.753. The fraction of sp³-hybridized carbons (Fsp3) is 0.333. The first kappa shape index (κ1) is 31.7. The lowest BCUT2D eigenvalue weighted by Gasteiger charge is -2.24. The highest BCUT2D eigenvalue weighted by molar-refractivity contribution is 6.06. The average Bonchev–Trinajstić information content (AvgIpc) is 2.98. The minimum absolute atomic E-state index is 0.0894. The highest BCUT2D eigenvalue weighted by Gasteiger charge is 2.21. The molecule has 0 aliphatic heterocycles. The van der Waals surface area contributed by atoms with Gasteiger partial charge in [0.25, 0.3) is 11.8 Å². The molecule has 0 saturated carbocycles. The van der Waals surface area contributed by atoms with Crippen LogP contribution in [0.15, 0.2) is 84.9 Å². The quantitative estimate of drug-likeness (QED) is 0.198. The second-order valence-electron chi connectivity index (χ2n) is 12.7. The second-order valence-corrected chi connectivity index (χ2v) is 12.7. The number of amides is 2. The molecule has 4 aromatic carbocycles. The van der Waals surface area contributed by atoms with Gasteiger partial charge in [-0.1, -0.05) is 116 Å². The number of carbonyl (C=O) groups excluding carboxylic acids is 2. The Labute approximate surface area is 257 Å². The molecule has 0 aliphatic carbocycles. The second kappa shape index (κ2) is 13.9. The van der Waals surface area contributed by atoms with Gasteiger partial charge in [0, 0.05) is 22.5 Å². The van der Waals surface area contributed by atoms with Crippen molar-refractivity contribution in [2.24, 2.45) is 0 Å². The van der Waals surface area contributed by atoms with E-state index >= 15 is 0 Å². The Hall–Kier alpha value is -4.18. The number of nitrogens with one attached hydrogen (secondary N) is 2. The number of hydrogen-bond acceptors (Lipinski definition) is 2. The Bertz CT molecular complexity index is 1390. The van der Waals surface area contributed by atoms with Gasteiger partial charge in [-0.3, -0.25) is 9.59 Å². The van der Waals surface area contributed by atoms with Crippen LogP contribution in [0.5, 0.6) is 0 Å². The highest BCUT2D eigenvalue weighted by Crippen LogP contribution is 2.38. The van der Waals surface area contributed by atoms with Gasteiger partial charge in [0.05, 0.1) is 0 Å². The molecule has 0 bridgehead atoms. The van der Waals surface area contributed by atoms with Gasteiger partial charge in [-0.05, 0) is 87.7 Å². The molecule has 4 rings (SSSR count). The Morgan fingerprint density at radius 1 is 0.488 bits per heavy atom. The number of rotatable bonds is 10. The van der Waals surface area contributed by atoms with E-state index in [0.717, 1.165) is 40.0 Å². The van der Waals surface area contributed by atoms with Crippen molar-refractivity contribution in [3.8, 4) is 0 Å². The topological polar surface area (TPSA) is 58.2 Å². The molecule has 0 atom stereocenters. The van der Waals surface area contributed by atoms with Crippen LogP contribution in [0.25, 0.3) is 0 Å². The smallest absolute Gasteiger partial charge is 0.255 e. The molecule has 0 aliphatic rings. The lowest BCUT2D eigenvalue weighted by Crippen LogP contribution is -2.17. The molecule has 4 nitrogen and oxygen atoms in total. The molecule has 0 saturated heterocycles. The average molecular weight is 575 g/mol. The molecule has 43 heavy (non-hydrogen) atoms. The zero-order valence-electron chi connectivity index (χ0n) is 26.9. The summed E-state index contributed by atoms with van der Waals surface area (Å²) < 4.78 is 0. The molecule has 0 radical (unpaired) electrons. The molecule has 2 N–H and O–H groups in total. The molecule has 224 valence electrons. The summed E-state index contributed by atoms with van der Waals surface area (Å²) in [7, 11) is 0. The van der Waals surface area contributed by atoms with Crippen molar-refractivity contribution < 1.29 is 9.59 Å². The summed E-state index contributed by atoms with van der Waals surface area (Å²) in [4.78, 5) is 26.4. The van der Waals surface area contributed by atoms with Crippen LogP contribution in [0.1, 0.15) is 133 Å². The van der Waals surface area contributed by atoms with Crippen LogP contribution < -0.4 is 10.6 Å². The Morgan fingerprint density at radius 3 is 1.02 bits per heavy atom. The lowest BCUT2D eigenvalue weighted by atomic mass is 9.86. The Kier molecular flexibility index (Phi) is 10.2. The Balaban J connectivity index is 1.75. The maximum Gasteiger partial charge on any atom is 0.255 e. The predicted molar refractivity (Wildman–Crippen MR) is 181 cm³/mol. The first-order valence-corrected chi connectivity index (χ1v) is 15.5. The van der Waals surface area contributed by atoms with Gasteiger partial charge in [-0.25, -0.2) is 0 Å². The number of anilines is 2. The van der Waals surface area contributed by atoms with E-state index in [1.807, 2.05) is 60.7 Å². The highest BCUT2D eigenvalue weighted by atomic mass is 16.2. The minimum atomic E-state index is -0.0894. The largest absolute Gasteiger partial charge is 0.321 e. The van der Waals surface area contributed by atoms with Crippen molar-refractivity contribution in [3.05, 3.63) is 129 Å². The van der Waals surface area contributed by atoms with Gasteiger partial charge in [0.15, 0.2) is 0 Å². The standard InChI is InChI=1S/C39H46N2O2/c1-24(2)32-20-28(21-33(25(3)4)36(32)40-38(42)30-15-11-9-12-16-30)19-29-22-34(26(5)6)37(35(23-29)27(7)8)41-39(43)31-17-13-10-14-18-31/h9-18,20-27H,19H2,1-8H3,(H,40,42)(H,41,43). The van der Waals surface area contributed by atoms with Crippen LogP contribution in [-0.2, 0) is 6.42 Å². The molecule has 4 heteroatoms. The van der Waals surface area contributed by atoms with Gasteiger partial charge in [-0.15, -0.1) is 0 Å². The van der Waals surface area contributed by atoms with Gasteiger partial charge < -0.3 is 10.6 Å². The molecular weight excluding hydrogens is 528 g/mol. The molecular formula is C39H46N2O2. The van der Waals surface area contributed by atoms with Crippen molar-refractivity contribution in [3.63, 3.8) is 0 Å². The van der Waals surface area contributed by atoms with E-state index in [9.17, 15) is 9.59 Å². The maximum atomic E-state index is 13.2. The van der Waals surface area contributed by atoms with E-state index in [0.29, 0.717) is 11.1 Å². The van der Waals surface area contributed by atoms with Crippen LogP contribution in [0.2, 0.25) is 0 Å². The van der Waals surface area contributed by atoms with Crippen LogP contribution >= 0.6 is 0 Å². The SMILES string of the molecule is CC(C)c1cc(Cc2cc(C(C)C)c(NC(=O)c3ccccc3)c(C(C)C)c2)cc(C(C)C)c1NC(=O)c1ccccc1. The molecule has 0 unspecified atom stereocenters. The van der Waals surface area contributed by atoms with Crippen LogP contribution in [0.4, 0.5) is 11.4 Å². The molecule has 0 aromatic heterocycles. The van der Waals surface area contributed by atoms with Crippen molar-refractivity contribution >= 4 is 23.2 Å². The van der Waals surface area contributed by atoms with Crippen LogP contribution in [-0.4, -0.2) is 11.8 Å². The summed E-state index contributed by atoms with van der Waals surface area (Å²) in [6, 6.07) is 27.8. The first-order chi connectivity index (χ1) is 20.5. The molecule has 0 heterocycles. The zero-order chi connectivity index (χ0) is 31.3. The van der Waals surface area contributed by atoms with E-state index in [1.54, 1.807) is 0 Å². The molecule has 4 aromatic rings. The molecule has 0 fully saturated rings. The number of carbonyl (C=O) groups is 2. The molecule has 0 spiro atoms. The fourth-order valence-corrected chi connectivity index (χ4v) is 5.60. The van der Waals surface area contributed by atoms with E-state index in [-0.39, 0.29) is 35.5 Å². The van der Waals surface area contributed by atoms with Gasteiger partial charge in [0.2, 0.25) is 0 Å². The van der Waals surface area contributed by atoms with Crippen molar-refractivity contribution in [1.82, 2.24) is 0 Å². The summed E-state index contributed by atoms with van der Waals surface area (Å²) >= 11 is 0. The summed E-state index contributed by atoms with van der Waals surface area (Å²) in [6.45, 7) is 17.4. The van der Waals surface area contributed by atoms with E-state index < -0.39 is 0 Å². The normalized spacial score (nSPS) is 11.4. The number of hydrogen-bond donors (Lipinski definition) is 2. The minimum Gasteiger partial charge on any atom is -0.321 e. The lowest BCUT2D eigenvalue weighted by molar-refractivity contribution is 0.101. The predicted octanol–water partition coefficient (Wildman–Crippen LogP) is 10.3. The van der Waals surface area contributed by atoms with Crippen LogP contribution in [0, 0.1) is 0 Å². The zero-order valence-corrected chi connectivity index (χ0v) is 26.9. The third-order valence-electron chi connectivity index (χ3n) is 7.96. The fourth-order valence-electron chi connectivity index (χ4n) is 5.60. The van der Waals surface area contributed by atoms with Gasteiger partial charge >= 0.3 is 0 Å². The summed E-state index contributed by atoms with van der Waals surface area (Å²) in [6.07, 6.45) is 0.763. The van der Waals surface area contributed by atoms with Crippen molar-refractivity contribution in [1.29, 1.82) is 0 Å². The van der Waals surface area contributed by atoms with Crippen molar-refractivity contribution in [2.45, 2.75) is 85.5 Å². The summed E-state index contributed by atoms with van der Waals surface area (Å²) in [5, 5.41) is 6.51. The summed E-state index contributed by atoms with van der Waals surface area (Å²) in [5.41, 5.74) is 10.2. The van der Waals surface area contributed by atoms with Gasteiger partial charge in [0.1, 0.15) is 0 Å².